The van der Waals surface area contributed by atoms with Gasteiger partial charge in [-0.1, -0.05) is 54.6 Å². The summed E-state index contributed by atoms with van der Waals surface area (Å²) in [7, 11) is 0. The number of imide groups is 1. The molecule has 4 amide bonds. The second-order valence-electron chi connectivity index (χ2n) is 12.5. The largest absolute Gasteiger partial charge is 0.341 e. The normalized spacial score (nSPS) is 14.8. The molecule has 2 N–H and O–H groups in total. The number of carbonyl (C=O) groups is 4. The summed E-state index contributed by atoms with van der Waals surface area (Å²) >= 11 is 1.29. The summed E-state index contributed by atoms with van der Waals surface area (Å²) in [5.41, 5.74) is 6.60. The molecule has 7 rings (SSSR count). The van der Waals surface area contributed by atoms with Crippen molar-refractivity contribution in [1.29, 1.82) is 0 Å². The van der Waals surface area contributed by atoms with Gasteiger partial charge in [-0.3, -0.25) is 19.2 Å². The number of amides is 4. The number of anilines is 2. The molecule has 1 aliphatic rings. The third-order valence-corrected chi connectivity index (χ3v) is 10.4. The first-order valence-corrected chi connectivity index (χ1v) is 17.7. The summed E-state index contributed by atoms with van der Waals surface area (Å²) in [6.07, 6.45) is 1.75. The van der Waals surface area contributed by atoms with Crippen molar-refractivity contribution < 1.29 is 19.2 Å². The van der Waals surface area contributed by atoms with Gasteiger partial charge < -0.3 is 15.2 Å². The maximum atomic E-state index is 13.9. The van der Waals surface area contributed by atoms with Crippen LogP contribution in [0.25, 0.3) is 27.9 Å². The number of rotatable bonds is 9. The van der Waals surface area contributed by atoms with Crippen molar-refractivity contribution >= 4 is 74.6 Å². The first kappa shape index (κ1) is 33.6. The summed E-state index contributed by atoms with van der Waals surface area (Å²) in [4.78, 5) is 55.5. The Labute approximate surface area is 300 Å². The van der Waals surface area contributed by atoms with Gasteiger partial charge in [0.2, 0.25) is 11.8 Å². The molecule has 0 radical (unpaired) electrons. The van der Waals surface area contributed by atoms with Gasteiger partial charge in [-0.2, -0.15) is 0 Å². The molecule has 254 valence electrons. The third-order valence-electron chi connectivity index (χ3n) is 9.18. The minimum atomic E-state index is -0.598. The lowest BCUT2D eigenvalue weighted by molar-refractivity contribution is -0.121. The first-order valence-electron chi connectivity index (χ1n) is 16.8. The maximum Gasteiger partial charge on any atom is 0.272 e. The molecule has 51 heavy (non-hydrogen) atoms. The van der Waals surface area contributed by atoms with Crippen LogP contribution in [-0.4, -0.2) is 33.4 Å². The Morgan fingerprint density at radius 1 is 0.804 bits per heavy atom. The van der Waals surface area contributed by atoms with Gasteiger partial charge >= 0.3 is 0 Å². The predicted molar refractivity (Wildman–Crippen MR) is 205 cm³/mol. The van der Waals surface area contributed by atoms with Gasteiger partial charge in [0.15, 0.2) is 0 Å². The maximum absolute atomic E-state index is 13.9. The summed E-state index contributed by atoms with van der Waals surface area (Å²) in [5, 5.41) is 7.32. The van der Waals surface area contributed by atoms with Crippen LogP contribution in [0.3, 0.4) is 0 Å². The summed E-state index contributed by atoms with van der Waals surface area (Å²) in [6, 6.07) is 35.7. The summed E-state index contributed by atoms with van der Waals surface area (Å²) in [6.45, 7) is 6.86. The van der Waals surface area contributed by atoms with Crippen LogP contribution in [0.4, 0.5) is 11.4 Å². The zero-order chi connectivity index (χ0) is 35.6. The van der Waals surface area contributed by atoms with E-state index in [-0.39, 0.29) is 23.9 Å². The average Bonchev–Trinajstić information content (AvgIpc) is 3.60. The van der Waals surface area contributed by atoms with Crippen molar-refractivity contribution in [1.82, 2.24) is 9.88 Å². The molecular formula is C42H36N4O4S. The lowest BCUT2D eigenvalue weighted by atomic mass is 10.1. The van der Waals surface area contributed by atoms with Crippen LogP contribution in [0.1, 0.15) is 40.4 Å². The van der Waals surface area contributed by atoms with Crippen LogP contribution < -0.4 is 15.5 Å². The monoisotopic (exact) mass is 692 g/mol. The van der Waals surface area contributed by atoms with Crippen molar-refractivity contribution in [3.63, 3.8) is 0 Å². The van der Waals surface area contributed by atoms with Gasteiger partial charge in [0.05, 0.1) is 10.9 Å². The number of fused-ring (bicyclic) bond motifs is 3. The quantitative estimate of drug-likeness (QED) is 0.117. The highest BCUT2D eigenvalue weighted by atomic mass is 32.2. The molecule has 1 unspecified atom stereocenters. The van der Waals surface area contributed by atoms with Crippen LogP contribution >= 0.6 is 11.8 Å². The number of thioether (sulfide) groups is 1. The minimum absolute atomic E-state index is 0.0705. The van der Waals surface area contributed by atoms with E-state index in [9.17, 15) is 19.2 Å². The Bertz CT molecular complexity index is 2380. The molecule has 6 aromatic rings. The van der Waals surface area contributed by atoms with Crippen LogP contribution in [0, 0.1) is 13.8 Å². The number of aryl methyl sites for hydroxylation is 3. The average molecular weight is 693 g/mol. The van der Waals surface area contributed by atoms with E-state index in [1.165, 1.54) is 16.7 Å². The molecule has 1 saturated heterocycles. The lowest BCUT2D eigenvalue weighted by Crippen LogP contribution is -2.31. The smallest absolute Gasteiger partial charge is 0.272 e. The second-order valence-corrected chi connectivity index (χ2v) is 13.8. The van der Waals surface area contributed by atoms with Crippen molar-refractivity contribution in [2.75, 3.05) is 10.2 Å². The molecule has 0 aliphatic carbocycles. The molecule has 5 aromatic carbocycles. The van der Waals surface area contributed by atoms with Gasteiger partial charge in [-0.15, -0.1) is 11.8 Å². The van der Waals surface area contributed by atoms with Crippen molar-refractivity contribution in [3.05, 3.63) is 143 Å². The highest BCUT2D eigenvalue weighted by molar-refractivity contribution is 8.00. The van der Waals surface area contributed by atoms with E-state index >= 15 is 0 Å². The number of para-hydroxylation sites is 1. The van der Waals surface area contributed by atoms with E-state index in [1.807, 2.05) is 68.4 Å². The zero-order valence-electron chi connectivity index (χ0n) is 28.5. The van der Waals surface area contributed by atoms with Gasteiger partial charge in [0.1, 0.15) is 5.70 Å². The number of nitrogens with one attached hydrogen (secondary N) is 2. The fourth-order valence-electron chi connectivity index (χ4n) is 6.45. The summed E-state index contributed by atoms with van der Waals surface area (Å²) < 4.78 is 2.25. The van der Waals surface area contributed by atoms with E-state index in [2.05, 4.69) is 34.3 Å². The molecular weight excluding hydrogens is 657 g/mol. The number of hydrogen-bond acceptors (Lipinski definition) is 5. The first-order chi connectivity index (χ1) is 24.7. The standard InChI is InChI=1S/C42H36N4O4S/c1-4-45-36-16-9-8-15-33(36)34-22-28(18-20-37(34)45)23-35(44-40(48)29-11-6-5-7-12-29)41(49)43-30-13-10-14-32(24-30)51-38-25-39(47)46(42(38)50)31-19-17-26(2)27(3)21-31/h5-24,38H,4,25H2,1-3H3,(H,43,49)(H,44,48)/b35-23-. The molecule has 0 bridgehead atoms. The molecule has 9 heteroatoms. The Balaban J connectivity index is 1.15. The highest BCUT2D eigenvalue weighted by Crippen LogP contribution is 2.36. The van der Waals surface area contributed by atoms with E-state index < -0.39 is 17.1 Å². The van der Waals surface area contributed by atoms with Crippen LogP contribution in [-0.2, 0) is 20.9 Å². The van der Waals surface area contributed by atoms with E-state index in [4.69, 9.17) is 0 Å². The van der Waals surface area contributed by atoms with Gasteiger partial charge in [0, 0.05) is 50.9 Å². The van der Waals surface area contributed by atoms with Crippen molar-refractivity contribution in [3.8, 4) is 0 Å². The molecule has 1 aliphatic heterocycles. The van der Waals surface area contributed by atoms with Gasteiger partial charge in [-0.25, -0.2) is 4.90 Å². The Hall–Kier alpha value is -5.93. The Kier molecular flexibility index (Phi) is 9.30. The highest BCUT2D eigenvalue weighted by Gasteiger charge is 2.40. The molecule has 8 nitrogen and oxygen atoms in total. The van der Waals surface area contributed by atoms with Crippen LogP contribution in [0.15, 0.2) is 126 Å². The van der Waals surface area contributed by atoms with Gasteiger partial charge in [0.25, 0.3) is 11.8 Å². The molecule has 0 saturated carbocycles. The summed E-state index contributed by atoms with van der Waals surface area (Å²) in [5.74, 6) is -1.43. The molecule has 0 spiro atoms. The van der Waals surface area contributed by atoms with Crippen LogP contribution in [0.2, 0.25) is 0 Å². The van der Waals surface area contributed by atoms with Crippen LogP contribution in [0.5, 0.6) is 0 Å². The number of benzene rings is 5. The van der Waals surface area contributed by atoms with E-state index in [1.54, 1.807) is 54.6 Å². The number of hydrogen-bond donors (Lipinski definition) is 2. The SMILES string of the molecule is CCn1c2ccccc2c2cc(/C=C(\NC(=O)c3ccccc3)C(=O)Nc3cccc(SC4CC(=O)N(c5ccc(C)c(C)c5)C4=O)c3)ccc21. The second kappa shape index (κ2) is 14.1. The molecule has 2 heterocycles. The number of carbonyl (C=O) groups excluding carboxylic acids is 4. The van der Waals surface area contributed by atoms with Crippen molar-refractivity contribution in [2.45, 2.75) is 43.9 Å². The molecule has 1 aromatic heterocycles. The molecule has 1 fully saturated rings. The van der Waals surface area contributed by atoms with Crippen molar-refractivity contribution in [2.24, 2.45) is 0 Å². The predicted octanol–water partition coefficient (Wildman–Crippen LogP) is 8.27. The van der Waals surface area contributed by atoms with Gasteiger partial charge in [-0.05, 0) is 104 Å². The Morgan fingerprint density at radius 2 is 1.57 bits per heavy atom. The fraction of sp³-hybridized carbons (Fsp3) is 0.143. The topological polar surface area (TPSA) is 101 Å². The molecule has 1 atom stereocenters. The third kappa shape index (κ3) is 6.80. The lowest BCUT2D eigenvalue weighted by Gasteiger charge is -2.16. The van der Waals surface area contributed by atoms with E-state index in [0.717, 1.165) is 49.9 Å². The minimum Gasteiger partial charge on any atom is -0.341 e. The van der Waals surface area contributed by atoms with E-state index in [0.29, 0.717) is 16.9 Å². The number of nitrogens with zero attached hydrogens (tertiary/aromatic N) is 2. The Morgan fingerprint density at radius 3 is 2.35 bits per heavy atom. The zero-order valence-corrected chi connectivity index (χ0v) is 29.3. The number of aromatic nitrogens is 1. The fourth-order valence-corrected chi connectivity index (χ4v) is 7.57.